The van der Waals surface area contributed by atoms with Crippen LogP contribution in [0.1, 0.15) is 26.3 Å². The summed E-state index contributed by atoms with van der Waals surface area (Å²) >= 11 is 0. The molecule has 0 aliphatic heterocycles. The van der Waals surface area contributed by atoms with Crippen LogP contribution in [0.15, 0.2) is 42.7 Å². The molecule has 1 unspecified atom stereocenters. The van der Waals surface area contributed by atoms with Crippen molar-refractivity contribution in [3.8, 4) is 5.69 Å². The predicted octanol–water partition coefficient (Wildman–Crippen LogP) is 2.58. The Bertz CT molecular complexity index is 560. The van der Waals surface area contributed by atoms with Crippen molar-refractivity contribution in [2.24, 2.45) is 5.92 Å². The normalized spacial score (nSPS) is 12.4. The van der Waals surface area contributed by atoms with E-state index in [1.807, 2.05) is 43.5 Å². The molecule has 1 atom stereocenters. The first-order valence-corrected chi connectivity index (χ1v) is 6.94. The molecule has 4 heteroatoms. The number of aromatic nitrogens is 2. The van der Waals surface area contributed by atoms with Gasteiger partial charge in [0.15, 0.2) is 0 Å². The van der Waals surface area contributed by atoms with E-state index in [2.05, 4.69) is 24.3 Å². The average molecular weight is 271 g/mol. The van der Waals surface area contributed by atoms with Crippen LogP contribution in [-0.4, -0.2) is 21.7 Å². The van der Waals surface area contributed by atoms with Crippen LogP contribution in [0.5, 0.6) is 0 Å². The van der Waals surface area contributed by atoms with Crippen LogP contribution in [0.4, 0.5) is 0 Å². The van der Waals surface area contributed by atoms with Crippen molar-refractivity contribution in [1.82, 2.24) is 15.1 Å². The molecule has 20 heavy (non-hydrogen) atoms. The van der Waals surface area contributed by atoms with E-state index in [0.29, 0.717) is 12.3 Å². The van der Waals surface area contributed by atoms with Gasteiger partial charge >= 0.3 is 0 Å². The topological polar surface area (TPSA) is 46.9 Å². The van der Waals surface area contributed by atoms with Crippen molar-refractivity contribution in [3.05, 3.63) is 48.3 Å². The molecule has 1 aromatic heterocycles. The summed E-state index contributed by atoms with van der Waals surface area (Å²) in [5.41, 5.74) is 1.91. The van der Waals surface area contributed by atoms with Crippen molar-refractivity contribution in [2.75, 3.05) is 0 Å². The maximum atomic E-state index is 11.9. The van der Waals surface area contributed by atoms with Gasteiger partial charge < -0.3 is 5.32 Å². The lowest BCUT2D eigenvalue weighted by Gasteiger charge is -2.16. The van der Waals surface area contributed by atoms with E-state index in [1.54, 1.807) is 10.9 Å². The number of carbonyl (C=O) groups is 1. The number of hydrogen-bond acceptors (Lipinski definition) is 2. The average Bonchev–Trinajstić information content (AvgIpc) is 2.88. The lowest BCUT2D eigenvalue weighted by Crippen LogP contribution is -2.36. The van der Waals surface area contributed by atoms with Crippen LogP contribution >= 0.6 is 0 Å². The number of amides is 1. The van der Waals surface area contributed by atoms with Crippen LogP contribution < -0.4 is 5.32 Å². The maximum absolute atomic E-state index is 11.9. The zero-order chi connectivity index (χ0) is 14.5. The standard InChI is InChI=1S/C16H21N3O/c1-12(2)13(3)18-16(20)9-14-10-17-19(11-14)15-7-5-4-6-8-15/h4-8,10-13H,9H2,1-3H3,(H,18,20). The number of benzene rings is 1. The molecule has 2 aromatic rings. The smallest absolute Gasteiger partial charge is 0.224 e. The van der Waals surface area contributed by atoms with Gasteiger partial charge in [-0.15, -0.1) is 0 Å². The Kier molecular flexibility index (Phi) is 4.56. The Morgan fingerprint density at radius 3 is 2.60 bits per heavy atom. The summed E-state index contributed by atoms with van der Waals surface area (Å²) in [6, 6.07) is 10.1. The largest absolute Gasteiger partial charge is 0.353 e. The zero-order valence-corrected chi connectivity index (χ0v) is 12.2. The molecule has 1 amide bonds. The summed E-state index contributed by atoms with van der Waals surface area (Å²) in [7, 11) is 0. The fourth-order valence-electron chi connectivity index (χ4n) is 1.83. The van der Waals surface area contributed by atoms with E-state index in [9.17, 15) is 4.79 Å². The quantitative estimate of drug-likeness (QED) is 0.908. The Balaban J connectivity index is 1.98. The second-order valence-electron chi connectivity index (χ2n) is 5.41. The predicted molar refractivity (Wildman–Crippen MR) is 79.7 cm³/mol. The van der Waals surface area contributed by atoms with Gasteiger partial charge in [-0.25, -0.2) is 4.68 Å². The highest BCUT2D eigenvalue weighted by atomic mass is 16.1. The van der Waals surface area contributed by atoms with E-state index in [1.165, 1.54) is 0 Å². The molecule has 0 aliphatic carbocycles. The minimum atomic E-state index is 0.0406. The second kappa shape index (κ2) is 6.37. The fourth-order valence-corrected chi connectivity index (χ4v) is 1.83. The molecule has 1 N–H and O–H groups in total. The second-order valence-corrected chi connectivity index (χ2v) is 5.41. The fraction of sp³-hybridized carbons (Fsp3) is 0.375. The first-order valence-electron chi connectivity index (χ1n) is 6.94. The lowest BCUT2D eigenvalue weighted by atomic mass is 10.1. The molecule has 0 saturated heterocycles. The van der Waals surface area contributed by atoms with Crippen molar-refractivity contribution < 1.29 is 4.79 Å². The van der Waals surface area contributed by atoms with Gasteiger partial charge in [0.05, 0.1) is 18.3 Å². The number of rotatable bonds is 5. The molecule has 0 saturated carbocycles. The first-order chi connectivity index (χ1) is 9.56. The van der Waals surface area contributed by atoms with Gasteiger partial charge in [-0.2, -0.15) is 5.10 Å². The summed E-state index contributed by atoms with van der Waals surface area (Å²) in [6.07, 6.45) is 4.01. The van der Waals surface area contributed by atoms with Gasteiger partial charge in [0.25, 0.3) is 0 Å². The molecule has 1 heterocycles. The van der Waals surface area contributed by atoms with E-state index < -0.39 is 0 Å². The zero-order valence-electron chi connectivity index (χ0n) is 12.2. The minimum absolute atomic E-state index is 0.0406. The molecular weight excluding hydrogens is 250 g/mol. The van der Waals surface area contributed by atoms with E-state index >= 15 is 0 Å². The Morgan fingerprint density at radius 2 is 1.95 bits per heavy atom. The number of nitrogens with one attached hydrogen (secondary N) is 1. The van der Waals surface area contributed by atoms with E-state index in [-0.39, 0.29) is 11.9 Å². The molecule has 0 spiro atoms. The van der Waals surface area contributed by atoms with Crippen molar-refractivity contribution in [1.29, 1.82) is 0 Å². The molecule has 2 rings (SSSR count). The molecule has 0 bridgehead atoms. The van der Waals surface area contributed by atoms with Crippen molar-refractivity contribution in [3.63, 3.8) is 0 Å². The highest BCUT2D eigenvalue weighted by Crippen LogP contribution is 2.08. The highest BCUT2D eigenvalue weighted by molar-refractivity contribution is 5.78. The van der Waals surface area contributed by atoms with Crippen LogP contribution in [0.2, 0.25) is 0 Å². The van der Waals surface area contributed by atoms with Crippen LogP contribution in [-0.2, 0) is 11.2 Å². The number of hydrogen-bond donors (Lipinski definition) is 1. The Morgan fingerprint density at radius 1 is 1.25 bits per heavy atom. The van der Waals surface area contributed by atoms with Gasteiger partial charge in [-0.1, -0.05) is 32.0 Å². The number of para-hydroxylation sites is 1. The van der Waals surface area contributed by atoms with Crippen LogP contribution in [0.3, 0.4) is 0 Å². The van der Waals surface area contributed by atoms with Gasteiger partial charge in [0, 0.05) is 12.2 Å². The molecule has 4 nitrogen and oxygen atoms in total. The summed E-state index contributed by atoms with van der Waals surface area (Å²) < 4.78 is 1.79. The molecule has 106 valence electrons. The SMILES string of the molecule is CC(C)C(C)NC(=O)Cc1cnn(-c2ccccc2)c1. The third kappa shape index (κ3) is 3.70. The molecule has 0 aliphatic rings. The van der Waals surface area contributed by atoms with Gasteiger partial charge in [-0.3, -0.25) is 4.79 Å². The van der Waals surface area contributed by atoms with Crippen molar-refractivity contribution >= 4 is 5.91 Å². The van der Waals surface area contributed by atoms with E-state index in [4.69, 9.17) is 0 Å². The molecule has 1 aromatic carbocycles. The van der Waals surface area contributed by atoms with Gasteiger partial charge in [-0.05, 0) is 30.5 Å². The third-order valence-corrected chi connectivity index (χ3v) is 3.41. The minimum Gasteiger partial charge on any atom is -0.353 e. The lowest BCUT2D eigenvalue weighted by molar-refractivity contribution is -0.121. The third-order valence-electron chi connectivity index (χ3n) is 3.41. The summed E-state index contributed by atoms with van der Waals surface area (Å²) in [5.74, 6) is 0.477. The maximum Gasteiger partial charge on any atom is 0.224 e. The van der Waals surface area contributed by atoms with E-state index in [0.717, 1.165) is 11.3 Å². The first kappa shape index (κ1) is 14.3. The summed E-state index contributed by atoms with van der Waals surface area (Å²) in [4.78, 5) is 11.9. The van der Waals surface area contributed by atoms with Crippen LogP contribution in [0.25, 0.3) is 5.69 Å². The molecule has 0 fully saturated rings. The van der Waals surface area contributed by atoms with Gasteiger partial charge in [0.1, 0.15) is 0 Å². The Labute approximate surface area is 119 Å². The summed E-state index contributed by atoms with van der Waals surface area (Å²) in [6.45, 7) is 6.21. The number of nitrogens with zero attached hydrogens (tertiary/aromatic N) is 2. The summed E-state index contributed by atoms with van der Waals surface area (Å²) in [5, 5.41) is 7.29. The number of carbonyl (C=O) groups excluding carboxylic acids is 1. The molecular formula is C16H21N3O. The Hall–Kier alpha value is -2.10. The molecule has 0 radical (unpaired) electrons. The monoisotopic (exact) mass is 271 g/mol. The van der Waals surface area contributed by atoms with Crippen molar-refractivity contribution in [2.45, 2.75) is 33.2 Å². The van der Waals surface area contributed by atoms with Crippen LogP contribution in [0, 0.1) is 5.92 Å². The van der Waals surface area contributed by atoms with Gasteiger partial charge in [0.2, 0.25) is 5.91 Å². The highest BCUT2D eigenvalue weighted by Gasteiger charge is 2.12.